The van der Waals surface area contributed by atoms with Crippen LogP contribution in [0.2, 0.25) is 0 Å². The average molecular weight is 372 g/mol. The summed E-state index contributed by atoms with van der Waals surface area (Å²) in [6.45, 7) is 6.28. The Labute approximate surface area is 154 Å². The van der Waals surface area contributed by atoms with E-state index in [1.54, 1.807) is 10.9 Å². The lowest BCUT2D eigenvalue weighted by atomic mass is 9.88. The van der Waals surface area contributed by atoms with Gasteiger partial charge in [-0.3, -0.25) is 9.78 Å². The maximum Gasteiger partial charge on any atom is 0.228 e. The number of aromatic nitrogens is 3. The number of hydrogen-bond donors (Lipinski definition) is 2. The SMILES string of the molecule is Cc1cc(NC(=O)C(C)C2CNC2)n(Cc2ccccn2)n1.Cl.Cl. The Balaban J connectivity index is 0.00000144. The Hall–Kier alpha value is -1.63. The number of carbonyl (C=O) groups is 1. The Kier molecular flexibility index (Phi) is 7.66. The zero-order valence-electron chi connectivity index (χ0n) is 13.7. The molecule has 1 saturated heterocycles. The predicted octanol–water partition coefficient (Wildman–Crippen LogP) is 2.27. The lowest BCUT2D eigenvalue weighted by Gasteiger charge is -2.31. The molecule has 0 aromatic carbocycles. The molecular weight excluding hydrogens is 349 g/mol. The van der Waals surface area contributed by atoms with Crippen molar-refractivity contribution in [3.05, 3.63) is 41.9 Å². The van der Waals surface area contributed by atoms with Gasteiger partial charge < -0.3 is 10.6 Å². The molecule has 1 unspecified atom stereocenters. The second-order valence-electron chi connectivity index (χ2n) is 5.85. The molecule has 24 heavy (non-hydrogen) atoms. The summed E-state index contributed by atoms with van der Waals surface area (Å²) in [5, 5.41) is 10.7. The lowest BCUT2D eigenvalue weighted by molar-refractivity contribution is -0.121. The van der Waals surface area contributed by atoms with E-state index in [1.165, 1.54) is 0 Å². The molecular formula is C16H23Cl2N5O. The molecule has 1 fully saturated rings. The Bertz CT molecular complexity index is 658. The normalized spacial score (nSPS) is 14.8. The van der Waals surface area contributed by atoms with Crippen molar-refractivity contribution in [1.82, 2.24) is 20.1 Å². The third kappa shape index (κ3) is 4.69. The van der Waals surface area contributed by atoms with Crippen LogP contribution in [0.5, 0.6) is 0 Å². The molecule has 1 aliphatic rings. The summed E-state index contributed by atoms with van der Waals surface area (Å²) in [6.07, 6.45) is 1.76. The monoisotopic (exact) mass is 371 g/mol. The van der Waals surface area contributed by atoms with Gasteiger partial charge in [-0.2, -0.15) is 5.10 Å². The number of nitrogens with zero attached hydrogens (tertiary/aromatic N) is 3. The average Bonchev–Trinajstić information content (AvgIpc) is 2.77. The van der Waals surface area contributed by atoms with Crippen LogP contribution in [0.1, 0.15) is 18.3 Å². The topological polar surface area (TPSA) is 71.8 Å². The van der Waals surface area contributed by atoms with E-state index in [1.807, 2.05) is 38.1 Å². The van der Waals surface area contributed by atoms with Crippen LogP contribution in [0.4, 0.5) is 5.82 Å². The number of amides is 1. The van der Waals surface area contributed by atoms with Crippen molar-refractivity contribution in [3.63, 3.8) is 0 Å². The van der Waals surface area contributed by atoms with Gasteiger partial charge in [0.2, 0.25) is 5.91 Å². The fourth-order valence-electron chi connectivity index (χ4n) is 2.53. The summed E-state index contributed by atoms with van der Waals surface area (Å²) in [6, 6.07) is 7.68. The van der Waals surface area contributed by atoms with Gasteiger partial charge in [0.1, 0.15) is 5.82 Å². The first-order chi connectivity index (χ1) is 10.6. The molecule has 1 amide bonds. The van der Waals surface area contributed by atoms with Gasteiger partial charge in [-0.1, -0.05) is 13.0 Å². The van der Waals surface area contributed by atoms with E-state index >= 15 is 0 Å². The van der Waals surface area contributed by atoms with Gasteiger partial charge in [-0.25, -0.2) is 4.68 Å². The highest BCUT2D eigenvalue weighted by atomic mass is 35.5. The number of pyridine rings is 1. The molecule has 132 valence electrons. The summed E-state index contributed by atoms with van der Waals surface area (Å²) < 4.78 is 1.79. The van der Waals surface area contributed by atoms with Crippen LogP contribution in [-0.2, 0) is 11.3 Å². The number of hydrogen-bond acceptors (Lipinski definition) is 4. The van der Waals surface area contributed by atoms with Crippen molar-refractivity contribution in [1.29, 1.82) is 0 Å². The lowest BCUT2D eigenvalue weighted by Crippen LogP contribution is -2.48. The fraction of sp³-hybridized carbons (Fsp3) is 0.438. The Morgan fingerprint density at radius 3 is 2.75 bits per heavy atom. The van der Waals surface area contributed by atoms with E-state index in [0.717, 1.165) is 30.3 Å². The summed E-state index contributed by atoms with van der Waals surface area (Å²) in [5.74, 6) is 1.20. The summed E-state index contributed by atoms with van der Waals surface area (Å²) in [4.78, 5) is 16.7. The van der Waals surface area contributed by atoms with Crippen LogP contribution in [0, 0.1) is 18.8 Å². The van der Waals surface area contributed by atoms with Crippen LogP contribution in [0.3, 0.4) is 0 Å². The predicted molar refractivity (Wildman–Crippen MR) is 99.0 cm³/mol. The molecule has 6 nitrogen and oxygen atoms in total. The van der Waals surface area contributed by atoms with Crippen molar-refractivity contribution >= 4 is 36.5 Å². The molecule has 3 heterocycles. The summed E-state index contributed by atoms with van der Waals surface area (Å²) in [5.41, 5.74) is 1.79. The first kappa shape index (κ1) is 20.4. The fourth-order valence-corrected chi connectivity index (χ4v) is 2.53. The van der Waals surface area contributed by atoms with E-state index in [0.29, 0.717) is 12.5 Å². The first-order valence-corrected chi connectivity index (χ1v) is 7.59. The van der Waals surface area contributed by atoms with Crippen LogP contribution < -0.4 is 10.6 Å². The highest BCUT2D eigenvalue weighted by Gasteiger charge is 2.29. The van der Waals surface area contributed by atoms with E-state index in [9.17, 15) is 4.79 Å². The van der Waals surface area contributed by atoms with Crippen molar-refractivity contribution in [3.8, 4) is 0 Å². The van der Waals surface area contributed by atoms with Gasteiger partial charge in [0.05, 0.1) is 17.9 Å². The molecule has 0 saturated carbocycles. The van der Waals surface area contributed by atoms with Crippen LogP contribution >= 0.6 is 24.8 Å². The highest BCUT2D eigenvalue weighted by Crippen LogP contribution is 2.19. The van der Waals surface area contributed by atoms with Crippen LogP contribution in [0.15, 0.2) is 30.5 Å². The van der Waals surface area contributed by atoms with Gasteiger partial charge >= 0.3 is 0 Å². The van der Waals surface area contributed by atoms with E-state index in [2.05, 4.69) is 20.7 Å². The second-order valence-corrected chi connectivity index (χ2v) is 5.85. The minimum absolute atomic E-state index is 0. The molecule has 0 radical (unpaired) electrons. The first-order valence-electron chi connectivity index (χ1n) is 7.59. The van der Waals surface area contributed by atoms with Gasteiger partial charge in [-0.15, -0.1) is 24.8 Å². The number of halogens is 2. The smallest absolute Gasteiger partial charge is 0.228 e. The summed E-state index contributed by atoms with van der Waals surface area (Å²) >= 11 is 0. The molecule has 8 heteroatoms. The van der Waals surface area contributed by atoms with Gasteiger partial charge in [-0.05, 0) is 38.1 Å². The molecule has 3 rings (SSSR count). The van der Waals surface area contributed by atoms with Crippen molar-refractivity contribution in [2.45, 2.75) is 20.4 Å². The van der Waals surface area contributed by atoms with Gasteiger partial charge in [0.25, 0.3) is 0 Å². The van der Waals surface area contributed by atoms with E-state index < -0.39 is 0 Å². The number of carbonyl (C=O) groups excluding carboxylic acids is 1. The second kappa shape index (κ2) is 9.01. The van der Waals surface area contributed by atoms with E-state index in [4.69, 9.17) is 0 Å². The molecule has 2 aromatic rings. The van der Waals surface area contributed by atoms with Crippen molar-refractivity contribution in [2.75, 3.05) is 18.4 Å². The zero-order valence-corrected chi connectivity index (χ0v) is 15.4. The third-order valence-electron chi connectivity index (χ3n) is 4.13. The van der Waals surface area contributed by atoms with Crippen molar-refractivity contribution < 1.29 is 4.79 Å². The number of nitrogens with one attached hydrogen (secondary N) is 2. The third-order valence-corrected chi connectivity index (χ3v) is 4.13. The van der Waals surface area contributed by atoms with E-state index in [-0.39, 0.29) is 36.6 Å². The molecule has 0 spiro atoms. The Morgan fingerprint density at radius 2 is 2.17 bits per heavy atom. The number of aryl methyl sites for hydroxylation is 1. The maximum absolute atomic E-state index is 12.4. The highest BCUT2D eigenvalue weighted by molar-refractivity contribution is 5.91. The number of rotatable bonds is 5. The maximum atomic E-state index is 12.4. The molecule has 0 bridgehead atoms. The largest absolute Gasteiger partial charge is 0.316 e. The molecule has 0 aliphatic carbocycles. The molecule has 2 aromatic heterocycles. The zero-order chi connectivity index (χ0) is 15.5. The Morgan fingerprint density at radius 1 is 1.42 bits per heavy atom. The van der Waals surface area contributed by atoms with Gasteiger partial charge in [0.15, 0.2) is 0 Å². The van der Waals surface area contributed by atoms with Crippen LogP contribution in [-0.4, -0.2) is 33.8 Å². The minimum atomic E-state index is -0.000226. The molecule has 1 aliphatic heterocycles. The number of anilines is 1. The minimum Gasteiger partial charge on any atom is -0.316 e. The standard InChI is InChI=1S/C16H21N5O.2ClH/c1-11-7-15(19-16(22)12(2)13-8-17-9-13)21(20-11)10-14-5-3-4-6-18-14;;/h3-7,12-13,17H,8-10H2,1-2H3,(H,19,22);2*1H. The van der Waals surface area contributed by atoms with Crippen LogP contribution in [0.25, 0.3) is 0 Å². The molecule has 1 atom stereocenters. The van der Waals surface area contributed by atoms with Crippen molar-refractivity contribution in [2.24, 2.45) is 11.8 Å². The summed E-state index contributed by atoms with van der Waals surface area (Å²) in [7, 11) is 0. The molecule has 2 N–H and O–H groups in total. The quantitative estimate of drug-likeness (QED) is 0.845. The van der Waals surface area contributed by atoms with Gasteiger partial charge in [0, 0.05) is 18.2 Å².